The first-order chi connectivity index (χ1) is 9.76. The van der Waals surface area contributed by atoms with E-state index in [-0.39, 0.29) is 0 Å². The Morgan fingerprint density at radius 2 is 2.05 bits per heavy atom. The molecule has 7 heteroatoms. The zero-order chi connectivity index (χ0) is 13.9. The van der Waals surface area contributed by atoms with Gasteiger partial charge in [-0.25, -0.2) is 15.8 Å². The number of thiazole rings is 1. The van der Waals surface area contributed by atoms with Gasteiger partial charge in [0.1, 0.15) is 10.8 Å². The molecule has 0 aliphatic carbocycles. The van der Waals surface area contributed by atoms with Crippen molar-refractivity contribution in [1.29, 1.82) is 0 Å². The molecule has 4 N–H and O–H groups in total. The Morgan fingerprint density at radius 3 is 2.80 bits per heavy atom. The average molecular weight is 286 g/mol. The van der Waals surface area contributed by atoms with E-state index in [0.29, 0.717) is 12.5 Å². The quantitative estimate of drug-likeness (QED) is 0.504. The van der Waals surface area contributed by atoms with Crippen molar-refractivity contribution in [2.24, 2.45) is 5.84 Å². The molecule has 1 aromatic carbocycles. The summed E-state index contributed by atoms with van der Waals surface area (Å²) >= 11 is 1.63. The zero-order valence-corrected chi connectivity index (χ0v) is 11.7. The molecular formula is C13H14N6S. The Balaban J connectivity index is 1.93. The van der Waals surface area contributed by atoms with Gasteiger partial charge in [-0.15, -0.1) is 11.3 Å². The molecule has 0 unspecified atom stereocenters. The second kappa shape index (κ2) is 5.40. The van der Waals surface area contributed by atoms with Crippen LogP contribution < -0.4 is 16.6 Å². The summed E-state index contributed by atoms with van der Waals surface area (Å²) < 4.78 is 0. The number of para-hydroxylation sites is 1. The Kier molecular flexibility index (Phi) is 3.44. The summed E-state index contributed by atoms with van der Waals surface area (Å²) in [6, 6.07) is 7.80. The highest BCUT2D eigenvalue weighted by Gasteiger charge is 2.07. The summed E-state index contributed by atoms with van der Waals surface area (Å²) in [5.74, 6) is 6.54. The molecule has 0 spiro atoms. The number of aryl methyl sites for hydroxylation is 1. The maximum Gasteiger partial charge on any atom is 0.239 e. The van der Waals surface area contributed by atoms with Crippen molar-refractivity contribution in [1.82, 2.24) is 15.0 Å². The van der Waals surface area contributed by atoms with Gasteiger partial charge >= 0.3 is 0 Å². The lowest BCUT2D eigenvalue weighted by atomic mass is 10.2. The number of benzene rings is 1. The molecular weight excluding hydrogens is 272 g/mol. The number of nitrogen functional groups attached to an aromatic ring is 1. The van der Waals surface area contributed by atoms with Crippen molar-refractivity contribution in [3.8, 4) is 0 Å². The first kappa shape index (κ1) is 12.8. The van der Waals surface area contributed by atoms with E-state index in [0.717, 1.165) is 27.4 Å². The summed E-state index contributed by atoms with van der Waals surface area (Å²) in [4.78, 5) is 13.1. The summed E-state index contributed by atoms with van der Waals surface area (Å²) in [5.41, 5.74) is 4.36. The second-order valence-corrected chi connectivity index (χ2v) is 5.24. The molecule has 0 bridgehead atoms. The highest BCUT2D eigenvalue weighted by molar-refractivity contribution is 7.09. The van der Waals surface area contributed by atoms with Gasteiger partial charge in [-0.1, -0.05) is 12.1 Å². The van der Waals surface area contributed by atoms with Gasteiger partial charge in [0.25, 0.3) is 0 Å². The fourth-order valence-electron chi connectivity index (χ4n) is 1.92. The number of hydrazine groups is 1. The first-order valence-corrected chi connectivity index (χ1v) is 7.02. The fourth-order valence-corrected chi connectivity index (χ4v) is 2.63. The normalized spacial score (nSPS) is 10.7. The Morgan fingerprint density at radius 1 is 1.20 bits per heavy atom. The van der Waals surface area contributed by atoms with Crippen LogP contribution in [0.15, 0.2) is 29.6 Å². The fraction of sp³-hybridized carbons (Fsp3) is 0.154. The van der Waals surface area contributed by atoms with Crippen LogP contribution in [-0.4, -0.2) is 15.0 Å². The van der Waals surface area contributed by atoms with E-state index in [1.165, 1.54) is 0 Å². The molecule has 2 heterocycles. The molecule has 20 heavy (non-hydrogen) atoms. The average Bonchev–Trinajstić information content (AvgIpc) is 2.90. The highest BCUT2D eigenvalue weighted by Crippen LogP contribution is 2.22. The van der Waals surface area contributed by atoms with E-state index in [9.17, 15) is 0 Å². The molecule has 0 aliphatic rings. The number of rotatable bonds is 4. The third kappa shape index (κ3) is 2.54. The minimum absolute atomic E-state index is 0.390. The molecule has 0 saturated carbocycles. The Labute approximate surface area is 120 Å². The van der Waals surface area contributed by atoms with Crippen LogP contribution in [0.1, 0.15) is 10.7 Å². The molecule has 2 aromatic heterocycles. The smallest absolute Gasteiger partial charge is 0.239 e. The number of anilines is 2. The summed E-state index contributed by atoms with van der Waals surface area (Å²) in [6.07, 6.45) is 0. The lowest BCUT2D eigenvalue weighted by Gasteiger charge is -2.09. The lowest BCUT2D eigenvalue weighted by Crippen LogP contribution is -2.12. The van der Waals surface area contributed by atoms with E-state index in [2.05, 4.69) is 25.7 Å². The predicted molar refractivity (Wildman–Crippen MR) is 81.5 cm³/mol. The van der Waals surface area contributed by atoms with Gasteiger partial charge in [-0.05, 0) is 19.1 Å². The molecule has 3 aromatic rings. The Bertz CT molecular complexity index is 739. The molecule has 0 saturated heterocycles. The largest absolute Gasteiger partial charge is 0.363 e. The van der Waals surface area contributed by atoms with Gasteiger partial charge in [0.05, 0.1) is 12.1 Å². The molecule has 0 radical (unpaired) electrons. The van der Waals surface area contributed by atoms with E-state index in [4.69, 9.17) is 5.84 Å². The maximum atomic E-state index is 5.41. The van der Waals surface area contributed by atoms with Gasteiger partial charge in [0.2, 0.25) is 5.95 Å². The van der Waals surface area contributed by atoms with Crippen molar-refractivity contribution in [3.05, 3.63) is 40.3 Å². The lowest BCUT2D eigenvalue weighted by molar-refractivity contribution is 1.05. The third-order valence-corrected chi connectivity index (χ3v) is 3.77. The molecule has 0 atom stereocenters. The van der Waals surface area contributed by atoms with Gasteiger partial charge in [0, 0.05) is 16.5 Å². The third-order valence-electron chi connectivity index (χ3n) is 2.81. The highest BCUT2D eigenvalue weighted by atomic mass is 32.1. The second-order valence-electron chi connectivity index (χ2n) is 4.29. The monoisotopic (exact) mass is 286 g/mol. The standard InChI is InChI=1S/C13H14N6S/c1-8-7-20-11(16-8)6-15-12-9-4-2-3-5-10(9)17-13(18-12)19-14/h2-5,7H,6,14H2,1H3,(H2,15,17,18,19). The molecule has 102 valence electrons. The van der Waals surface area contributed by atoms with Crippen LogP contribution in [0.2, 0.25) is 0 Å². The van der Waals surface area contributed by atoms with Gasteiger partial charge in [0.15, 0.2) is 0 Å². The summed E-state index contributed by atoms with van der Waals surface area (Å²) in [6.45, 7) is 2.61. The molecule has 0 aliphatic heterocycles. The number of nitrogens with two attached hydrogens (primary N) is 1. The van der Waals surface area contributed by atoms with E-state index in [1.54, 1.807) is 11.3 Å². The SMILES string of the molecule is Cc1csc(CNc2nc(NN)nc3ccccc23)n1. The summed E-state index contributed by atoms with van der Waals surface area (Å²) in [7, 11) is 0. The van der Waals surface area contributed by atoms with Crippen LogP contribution in [0.5, 0.6) is 0 Å². The van der Waals surface area contributed by atoms with Crippen LogP contribution in [0, 0.1) is 6.92 Å². The van der Waals surface area contributed by atoms with E-state index < -0.39 is 0 Å². The molecule has 6 nitrogen and oxygen atoms in total. The van der Waals surface area contributed by atoms with Crippen LogP contribution in [-0.2, 0) is 6.54 Å². The summed E-state index contributed by atoms with van der Waals surface area (Å²) in [5, 5.41) is 7.30. The van der Waals surface area contributed by atoms with Crippen molar-refractivity contribution >= 4 is 34.0 Å². The van der Waals surface area contributed by atoms with Gasteiger partial charge in [-0.2, -0.15) is 4.98 Å². The first-order valence-electron chi connectivity index (χ1n) is 6.14. The minimum Gasteiger partial charge on any atom is -0.363 e. The van der Waals surface area contributed by atoms with Gasteiger partial charge < -0.3 is 5.32 Å². The number of nitrogens with one attached hydrogen (secondary N) is 2. The van der Waals surface area contributed by atoms with Crippen LogP contribution >= 0.6 is 11.3 Å². The maximum absolute atomic E-state index is 5.41. The predicted octanol–water partition coefficient (Wildman–Crippen LogP) is 2.29. The van der Waals surface area contributed by atoms with Crippen LogP contribution in [0.4, 0.5) is 11.8 Å². The van der Waals surface area contributed by atoms with Crippen LogP contribution in [0.3, 0.4) is 0 Å². The Hall–Kier alpha value is -2.25. The zero-order valence-electron chi connectivity index (χ0n) is 10.9. The van der Waals surface area contributed by atoms with Crippen molar-refractivity contribution in [2.45, 2.75) is 13.5 Å². The van der Waals surface area contributed by atoms with Crippen molar-refractivity contribution in [2.75, 3.05) is 10.7 Å². The number of aromatic nitrogens is 3. The topological polar surface area (TPSA) is 88.8 Å². The number of hydrogen-bond acceptors (Lipinski definition) is 7. The molecule has 0 amide bonds. The molecule has 0 fully saturated rings. The minimum atomic E-state index is 0.390. The van der Waals surface area contributed by atoms with E-state index in [1.807, 2.05) is 36.6 Å². The van der Waals surface area contributed by atoms with Crippen LogP contribution in [0.25, 0.3) is 10.9 Å². The number of nitrogens with zero attached hydrogens (tertiary/aromatic N) is 3. The number of fused-ring (bicyclic) bond motifs is 1. The molecule has 3 rings (SSSR count). The van der Waals surface area contributed by atoms with Crippen molar-refractivity contribution < 1.29 is 0 Å². The van der Waals surface area contributed by atoms with Gasteiger partial charge in [-0.3, -0.25) is 5.43 Å². The van der Waals surface area contributed by atoms with Crippen molar-refractivity contribution in [3.63, 3.8) is 0 Å². The number of hydrogen-bond donors (Lipinski definition) is 3. The van der Waals surface area contributed by atoms with E-state index >= 15 is 0 Å².